The van der Waals surface area contributed by atoms with E-state index in [2.05, 4.69) is 17.4 Å². The minimum Gasteiger partial charge on any atom is -0.494 e. The van der Waals surface area contributed by atoms with Gasteiger partial charge in [-0.2, -0.15) is 0 Å². The van der Waals surface area contributed by atoms with Gasteiger partial charge in [0.1, 0.15) is 5.75 Å². The lowest BCUT2D eigenvalue weighted by molar-refractivity contribution is 0.340. The van der Waals surface area contributed by atoms with Gasteiger partial charge in [0.05, 0.1) is 12.3 Å². The van der Waals surface area contributed by atoms with Crippen molar-refractivity contribution >= 4 is 23.0 Å². The van der Waals surface area contributed by atoms with Gasteiger partial charge in [-0.15, -0.1) is 0 Å². The van der Waals surface area contributed by atoms with Gasteiger partial charge in [0, 0.05) is 27.7 Å². The maximum atomic E-state index is 6.17. The first-order valence-electron chi connectivity index (χ1n) is 9.01. The first-order valence-corrected chi connectivity index (χ1v) is 9.39. The van der Waals surface area contributed by atoms with E-state index in [4.69, 9.17) is 21.3 Å². The third-order valence-electron chi connectivity index (χ3n) is 4.61. The molecular weight excluding hydrogens is 344 g/mol. The highest BCUT2D eigenvalue weighted by atomic mass is 35.5. The minimum absolute atomic E-state index is 0.674. The Morgan fingerprint density at radius 3 is 2.69 bits per heavy atom. The number of fused-ring (bicyclic) bond motifs is 1. The molecule has 1 aromatic heterocycles. The van der Waals surface area contributed by atoms with Gasteiger partial charge < -0.3 is 10.1 Å². The Kier molecular flexibility index (Phi) is 4.81. The summed E-state index contributed by atoms with van der Waals surface area (Å²) in [5.74, 6) is 0.887. The molecule has 0 saturated carbocycles. The van der Waals surface area contributed by atoms with Gasteiger partial charge in [-0.25, -0.2) is 0 Å². The zero-order valence-electron chi connectivity index (χ0n) is 14.8. The van der Waals surface area contributed by atoms with Crippen molar-refractivity contribution in [2.45, 2.75) is 26.2 Å². The monoisotopic (exact) mass is 364 g/mol. The molecule has 1 N–H and O–H groups in total. The first-order chi connectivity index (χ1) is 12.7. The standard InChI is InChI=1S/C22H21ClN2O/c1-2-26-18-11-9-17(10-12-18)24-22-14-21(15-5-3-6-16(23)13-15)25-20-8-4-7-19(20)22/h3,5-6,9-14H,2,4,7-8H2,1H3,(H,24,25). The Balaban J connectivity index is 1.69. The number of hydrogen-bond acceptors (Lipinski definition) is 3. The van der Waals surface area contributed by atoms with Crippen molar-refractivity contribution in [3.05, 3.63) is 70.9 Å². The first kappa shape index (κ1) is 16.9. The Morgan fingerprint density at radius 2 is 1.92 bits per heavy atom. The van der Waals surface area contributed by atoms with Crippen molar-refractivity contribution in [2.24, 2.45) is 0 Å². The largest absolute Gasteiger partial charge is 0.494 e. The van der Waals surface area contributed by atoms with Crippen molar-refractivity contribution < 1.29 is 4.74 Å². The van der Waals surface area contributed by atoms with Crippen LogP contribution in [0, 0.1) is 0 Å². The van der Waals surface area contributed by atoms with Gasteiger partial charge in [-0.3, -0.25) is 4.98 Å². The molecule has 0 unspecified atom stereocenters. The maximum absolute atomic E-state index is 6.17. The number of nitrogens with zero attached hydrogens (tertiary/aromatic N) is 1. The van der Waals surface area contributed by atoms with Gasteiger partial charge in [0.2, 0.25) is 0 Å². The number of pyridine rings is 1. The van der Waals surface area contributed by atoms with Crippen molar-refractivity contribution in [3.63, 3.8) is 0 Å². The van der Waals surface area contributed by atoms with E-state index in [1.54, 1.807) is 0 Å². The number of hydrogen-bond donors (Lipinski definition) is 1. The smallest absolute Gasteiger partial charge is 0.119 e. The highest BCUT2D eigenvalue weighted by Crippen LogP contribution is 2.34. The summed E-state index contributed by atoms with van der Waals surface area (Å²) in [5.41, 5.74) is 6.70. The molecule has 0 bridgehead atoms. The molecule has 4 rings (SSSR count). The van der Waals surface area contributed by atoms with Crippen LogP contribution in [0.15, 0.2) is 54.6 Å². The molecule has 3 aromatic rings. The SMILES string of the molecule is CCOc1ccc(Nc2cc(-c3cccc(Cl)c3)nc3c2CCC3)cc1. The van der Waals surface area contributed by atoms with Gasteiger partial charge >= 0.3 is 0 Å². The molecule has 1 aliphatic rings. The highest BCUT2D eigenvalue weighted by Gasteiger charge is 2.18. The van der Waals surface area contributed by atoms with Crippen LogP contribution in [0.1, 0.15) is 24.6 Å². The molecule has 26 heavy (non-hydrogen) atoms. The molecule has 1 heterocycles. The van der Waals surface area contributed by atoms with E-state index in [1.807, 2.05) is 49.4 Å². The summed E-state index contributed by atoms with van der Waals surface area (Å²) < 4.78 is 5.52. The summed E-state index contributed by atoms with van der Waals surface area (Å²) in [6.45, 7) is 2.66. The van der Waals surface area contributed by atoms with Crippen LogP contribution >= 0.6 is 11.6 Å². The third-order valence-corrected chi connectivity index (χ3v) is 4.85. The Hall–Kier alpha value is -2.52. The van der Waals surface area contributed by atoms with Gasteiger partial charge in [0.25, 0.3) is 0 Å². The fraction of sp³-hybridized carbons (Fsp3) is 0.227. The van der Waals surface area contributed by atoms with E-state index >= 15 is 0 Å². The van der Waals surface area contributed by atoms with Crippen LogP contribution in [-0.4, -0.2) is 11.6 Å². The molecular formula is C22H21ClN2O. The molecule has 132 valence electrons. The molecule has 0 aliphatic heterocycles. The average Bonchev–Trinajstić information content (AvgIpc) is 3.12. The molecule has 0 atom stereocenters. The summed E-state index contributed by atoms with van der Waals surface area (Å²) >= 11 is 6.17. The molecule has 0 fully saturated rings. The van der Waals surface area contributed by atoms with E-state index in [-0.39, 0.29) is 0 Å². The summed E-state index contributed by atoms with van der Waals surface area (Å²) in [4.78, 5) is 4.89. The number of aryl methyl sites for hydroxylation is 1. The van der Waals surface area contributed by atoms with Crippen LogP contribution in [0.4, 0.5) is 11.4 Å². The van der Waals surface area contributed by atoms with E-state index in [9.17, 15) is 0 Å². The van der Waals surface area contributed by atoms with E-state index in [0.717, 1.165) is 52.7 Å². The minimum atomic E-state index is 0.674. The number of rotatable bonds is 5. The topological polar surface area (TPSA) is 34.1 Å². The summed E-state index contributed by atoms with van der Waals surface area (Å²) in [5, 5.41) is 4.30. The molecule has 0 radical (unpaired) electrons. The number of nitrogens with one attached hydrogen (secondary N) is 1. The predicted octanol–water partition coefficient (Wildman–Crippen LogP) is 6.03. The van der Waals surface area contributed by atoms with Crippen LogP contribution in [-0.2, 0) is 12.8 Å². The van der Waals surface area contributed by atoms with E-state index in [0.29, 0.717) is 6.61 Å². The number of halogens is 1. The average molecular weight is 365 g/mol. The lowest BCUT2D eigenvalue weighted by Gasteiger charge is -2.14. The predicted molar refractivity (Wildman–Crippen MR) is 108 cm³/mol. The Morgan fingerprint density at radius 1 is 1.08 bits per heavy atom. The van der Waals surface area contributed by atoms with Gasteiger partial charge in [0.15, 0.2) is 0 Å². The third kappa shape index (κ3) is 3.54. The Bertz CT molecular complexity index is 922. The molecule has 0 amide bonds. The highest BCUT2D eigenvalue weighted by molar-refractivity contribution is 6.30. The van der Waals surface area contributed by atoms with Crippen LogP contribution in [0.2, 0.25) is 5.02 Å². The molecule has 1 aliphatic carbocycles. The zero-order valence-corrected chi connectivity index (χ0v) is 15.5. The van der Waals surface area contributed by atoms with E-state index in [1.165, 1.54) is 11.3 Å². The van der Waals surface area contributed by atoms with Crippen LogP contribution < -0.4 is 10.1 Å². The van der Waals surface area contributed by atoms with Crippen molar-refractivity contribution in [1.29, 1.82) is 0 Å². The fourth-order valence-electron chi connectivity index (χ4n) is 3.41. The number of aromatic nitrogens is 1. The molecule has 2 aromatic carbocycles. The summed E-state index contributed by atoms with van der Waals surface area (Å²) in [7, 11) is 0. The van der Waals surface area contributed by atoms with Crippen molar-refractivity contribution in [1.82, 2.24) is 4.98 Å². The van der Waals surface area contributed by atoms with Gasteiger partial charge in [-0.1, -0.05) is 23.7 Å². The van der Waals surface area contributed by atoms with Crippen LogP contribution in [0.25, 0.3) is 11.3 Å². The summed E-state index contributed by atoms with van der Waals surface area (Å²) in [6.07, 6.45) is 3.25. The number of benzene rings is 2. The van der Waals surface area contributed by atoms with Gasteiger partial charge in [-0.05, 0) is 74.2 Å². The second-order valence-corrected chi connectivity index (χ2v) is 6.86. The van der Waals surface area contributed by atoms with Crippen molar-refractivity contribution in [3.8, 4) is 17.0 Å². The molecule has 3 nitrogen and oxygen atoms in total. The normalized spacial score (nSPS) is 12.7. The quantitative estimate of drug-likeness (QED) is 0.599. The molecule has 4 heteroatoms. The van der Waals surface area contributed by atoms with Crippen LogP contribution in [0.3, 0.4) is 0 Å². The number of ether oxygens (including phenoxy) is 1. The maximum Gasteiger partial charge on any atom is 0.119 e. The molecule has 0 spiro atoms. The zero-order chi connectivity index (χ0) is 17.9. The van der Waals surface area contributed by atoms with Crippen molar-refractivity contribution in [2.75, 3.05) is 11.9 Å². The number of anilines is 2. The lowest BCUT2D eigenvalue weighted by Crippen LogP contribution is -2.00. The lowest BCUT2D eigenvalue weighted by atomic mass is 10.1. The molecule has 0 saturated heterocycles. The second-order valence-electron chi connectivity index (χ2n) is 6.43. The van der Waals surface area contributed by atoms with Crippen LogP contribution in [0.5, 0.6) is 5.75 Å². The Labute approximate surface area is 159 Å². The second kappa shape index (κ2) is 7.38. The summed E-state index contributed by atoms with van der Waals surface area (Å²) in [6, 6.07) is 18.1. The van der Waals surface area contributed by atoms with E-state index < -0.39 is 0 Å². The fourth-order valence-corrected chi connectivity index (χ4v) is 3.60.